The summed E-state index contributed by atoms with van der Waals surface area (Å²) in [5.41, 5.74) is 0. The third-order valence-corrected chi connectivity index (χ3v) is 3.24. The topological polar surface area (TPSA) is 18.5 Å². The lowest BCUT2D eigenvalue weighted by Gasteiger charge is -2.23. The maximum atomic E-state index is 5.74. The van der Waals surface area contributed by atoms with Gasteiger partial charge in [-0.3, -0.25) is 0 Å². The normalized spacial score (nSPS) is 24.0. The molecule has 0 radical (unpaired) electrons. The van der Waals surface area contributed by atoms with E-state index in [4.69, 9.17) is 9.47 Å². The molecule has 0 saturated carbocycles. The van der Waals surface area contributed by atoms with Gasteiger partial charge >= 0.3 is 0 Å². The first kappa shape index (κ1) is 13.0. The molecular weight excluding hydrogens is 188 g/mol. The maximum Gasteiger partial charge on any atom is 0.157 e. The average molecular weight is 214 g/mol. The lowest BCUT2D eigenvalue weighted by atomic mass is 9.98. The molecule has 0 bridgehead atoms. The number of hydrogen-bond acceptors (Lipinski definition) is 2. The van der Waals surface area contributed by atoms with E-state index in [1.165, 1.54) is 38.5 Å². The van der Waals surface area contributed by atoms with Gasteiger partial charge in [-0.05, 0) is 31.6 Å². The van der Waals surface area contributed by atoms with Crippen LogP contribution < -0.4 is 0 Å². The third-order valence-electron chi connectivity index (χ3n) is 3.24. The smallest absolute Gasteiger partial charge is 0.157 e. The second-order valence-electron chi connectivity index (χ2n) is 4.52. The molecule has 2 atom stereocenters. The molecule has 0 amide bonds. The Morgan fingerprint density at radius 1 is 1.27 bits per heavy atom. The van der Waals surface area contributed by atoms with E-state index in [0.29, 0.717) is 0 Å². The van der Waals surface area contributed by atoms with Gasteiger partial charge in [0.25, 0.3) is 0 Å². The van der Waals surface area contributed by atoms with Gasteiger partial charge in [0, 0.05) is 13.2 Å². The summed E-state index contributed by atoms with van der Waals surface area (Å²) in [5, 5.41) is 0. The van der Waals surface area contributed by atoms with E-state index in [9.17, 15) is 0 Å². The van der Waals surface area contributed by atoms with Gasteiger partial charge in [-0.1, -0.05) is 33.1 Å². The first-order chi connectivity index (χ1) is 7.36. The van der Waals surface area contributed by atoms with Crippen molar-refractivity contribution in [3.63, 3.8) is 0 Å². The van der Waals surface area contributed by atoms with Crippen LogP contribution in [0.25, 0.3) is 0 Å². The van der Waals surface area contributed by atoms with Gasteiger partial charge in [0.1, 0.15) is 0 Å². The number of rotatable bonds is 7. The highest BCUT2D eigenvalue weighted by Gasteiger charge is 2.14. The number of hydrogen-bond donors (Lipinski definition) is 0. The average Bonchev–Trinajstić information content (AvgIpc) is 2.29. The zero-order valence-corrected chi connectivity index (χ0v) is 10.3. The molecule has 1 aliphatic rings. The Labute approximate surface area is 94.3 Å². The second-order valence-corrected chi connectivity index (χ2v) is 4.52. The molecule has 2 nitrogen and oxygen atoms in total. The van der Waals surface area contributed by atoms with Crippen LogP contribution in [0.2, 0.25) is 0 Å². The predicted octanol–water partition coefficient (Wildman–Crippen LogP) is 3.75. The van der Waals surface area contributed by atoms with E-state index in [-0.39, 0.29) is 6.29 Å². The van der Waals surface area contributed by atoms with Crippen molar-refractivity contribution in [1.82, 2.24) is 0 Å². The van der Waals surface area contributed by atoms with Crippen molar-refractivity contribution >= 4 is 0 Å². The summed E-state index contributed by atoms with van der Waals surface area (Å²) in [4.78, 5) is 0. The Balaban J connectivity index is 2.03. The fourth-order valence-electron chi connectivity index (χ4n) is 2.17. The van der Waals surface area contributed by atoms with Crippen LogP contribution in [-0.2, 0) is 9.47 Å². The largest absolute Gasteiger partial charge is 0.353 e. The van der Waals surface area contributed by atoms with Gasteiger partial charge in [0.05, 0.1) is 0 Å². The molecule has 0 aliphatic carbocycles. The molecular formula is C13H26O2. The molecule has 0 aromatic carbocycles. The molecule has 1 fully saturated rings. The molecule has 2 heteroatoms. The van der Waals surface area contributed by atoms with Gasteiger partial charge in [-0.25, -0.2) is 0 Å². The van der Waals surface area contributed by atoms with Crippen LogP contribution in [0, 0.1) is 5.92 Å². The predicted molar refractivity (Wildman–Crippen MR) is 62.8 cm³/mol. The van der Waals surface area contributed by atoms with Crippen molar-refractivity contribution in [3.05, 3.63) is 0 Å². The minimum absolute atomic E-state index is 0.0953. The van der Waals surface area contributed by atoms with E-state index < -0.39 is 0 Å². The maximum absolute atomic E-state index is 5.74. The first-order valence-corrected chi connectivity index (χ1v) is 6.60. The lowest BCUT2D eigenvalue weighted by molar-refractivity contribution is -0.164. The molecule has 0 aromatic rings. The van der Waals surface area contributed by atoms with Gasteiger partial charge in [0.2, 0.25) is 0 Å². The van der Waals surface area contributed by atoms with Gasteiger partial charge in [0.15, 0.2) is 6.29 Å². The summed E-state index contributed by atoms with van der Waals surface area (Å²) in [6.07, 6.45) is 8.75. The zero-order chi connectivity index (χ0) is 10.9. The molecule has 1 saturated heterocycles. The van der Waals surface area contributed by atoms with Crippen LogP contribution in [-0.4, -0.2) is 19.5 Å². The highest BCUT2D eigenvalue weighted by molar-refractivity contribution is 4.58. The third kappa shape index (κ3) is 5.53. The van der Waals surface area contributed by atoms with Crippen molar-refractivity contribution in [2.24, 2.45) is 5.92 Å². The summed E-state index contributed by atoms with van der Waals surface area (Å²) >= 11 is 0. The Morgan fingerprint density at radius 2 is 2.13 bits per heavy atom. The molecule has 1 heterocycles. The first-order valence-electron chi connectivity index (χ1n) is 6.60. The molecule has 2 unspecified atom stereocenters. The highest BCUT2D eigenvalue weighted by atomic mass is 16.7. The quantitative estimate of drug-likeness (QED) is 0.642. The Morgan fingerprint density at radius 3 is 2.73 bits per heavy atom. The number of ether oxygens (including phenoxy) is 2. The Kier molecular flexibility index (Phi) is 7.03. The van der Waals surface area contributed by atoms with E-state index in [1.807, 2.05) is 0 Å². The Hall–Kier alpha value is -0.0800. The summed E-state index contributed by atoms with van der Waals surface area (Å²) in [5.74, 6) is 0.846. The van der Waals surface area contributed by atoms with E-state index in [1.54, 1.807) is 0 Å². The minimum atomic E-state index is 0.0953. The van der Waals surface area contributed by atoms with E-state index in [0.717, 1.165) is 25.6 Å². The van der Waals surface area contributed by atoms with Crippen molar-refractivity contribution in [2.45, 2.75) is 65.1 Å². The zero-order valence-electron chi connectivity index (χ0n) is 10.3. The van der Waals surface area contributed by atoms with Crippen LogP contribution in [0.1, 0.15) is 58.8 Å². The van der Waals surface area contributed by atoms with E-state index >= 15 is 0 Å². The van der Waals surface area contributed by atoms with Crippen LogP contribution in [0.5, 0.6) is 0 Å². The fourth-order valence-corrected chi connectivity index (χ4v) is 2.17. The van der Waals surface area contributed by atoms with Crippen molar-refractivity contribution in [1.29, 1.82) is 0 Å². The Bertz CT molecular complexity index is 137. The van der Waals surface area contributed by atoms with Crippen LogP contribution in [0.4, 0.5) is 0 Å². The van der Waals surface area contributed by atoms with Crippen LogP contribution in [0.3, 0.4) is 0 Å². The summed E-state index contributed by atoms with van der Waals surface area (Å²) < 4.78 is 11.3. The monoisotopic (exact) mass is 214 g/mol. The van der Waals surface area contributed by atoms with Crippen molar-refractivity contribution in [2.75, 3.05) is 13.2 Å². The van der Waals surface area contributed by atoms with Crippen molar-refractivity contribution < 1.29 is 9.47 Å². The second kappa shape index (κ2) is 8.12. The SMILES string of the molecule is CCCC(CC)CCOC1CCCCO1. The molecule has 1 aliphatic heterocycles. The van der Waals surface area contributed by atoms with Crippen molar-refractivity contribution in [3.8, 4) is 0 Å². The highest BCUT2D eigenvalue weighted by Crippen LogP contribution is 2.18. The molecule has 0 spiro atoms. The minimum Gasteiger partial charge on any atom is -0.353 e. The van der Waals surface area contributed by atoms with Gasteiger partial charge in [-0.15, -0.1) is 0 Å². The van der Waals surface area contributed by atoms with Crippen LogP contribution >= 0.6 is 0 Å². The van der Waals surface area contributed by atoms with E-state index in [2.05, 4.69) is 13.8 Å². The van der Waals surface area contributed by atoms with Crippen LogP contribution in [0.15, 0.2) is 0 Å². The van der Waals surface area contributed by atoms with Gasteiger partial charge < -0.3 is 9.47 Å². The molecule has 0 aromatic heterocycles. The molecule has 0 N–H and O–H groups in total. The molecule has 90 valence electrons. The fraction of sp³-hybridized carbons (Fsp3) is 1.00. The lowest BCUT2D eigenvalue weighted by Crippen LogP contribution is -2.23. The molecule has 1 rings (SSSR count). The van der Waals surface area contributed by atoms with Gasteiger partial charge in [-0.2, -0.15) is 0 Å². The summed E-state index contributed by atoms with van der Waals surface area (Å²) in [7, 11) is 0. The summed E-state index contributed by atoms with van der Waals surface area (Å²) in [6.45, 7) is 6.30. The standard InChI is InChI=1S/C13H26O2/c1-3-7-12(4-2)9-11-15-13-8-5-6-10-14-13/h12-13H,3-11H2,1-2H3. The molecule has 15 heavy (non-hydrogen) atoms. The summed E-state index contributed by atoms with van der Waals surface area (Å²) in [6, 6.07) is 0.